The molecule has 1 saturated carbocycles. The number of nitrogens with two attached hydrogens (primary N) is 5. The fourth-order valence-corrected chi connectivity index (χ4v) is 27.1. The first-order valence-electron chi connectivity index (χ1n) is 44.1. The molecule has 29 atom stereocenters. The van der Waals surface area contributed by atoms with Crippen LogP contribution in [0.2, 0.25) is 0 Å². The van der Waals surface area contributed by atoms with E-state index in [4.69, 9.17) is 179 Å². The molecule has 7 saturated heterocycles. The number of hydrogen-bond donors (Lipinski definition) is 14. The van der Waals surface area contributed by atoms with Crippen molar-refractivity contribution < 1.29 is 140 Å². The molecule has 16 rings (SSSR count). The van der Waals surface area contributed by atoms with Crippen molar-refractivity contribution in [2.24, 2.45) is 11.8 Å². The number of nitrogens with one attached hydrogen (secondary N) is 2. The maximum atomic E-state index is 14.9. The number of fused-ring (bicyclic) bond motifs is 2. The van der Waals surface area contributed by atoms with Crippen molar-refractivity contribution in [1.82, 2.24) is 87.5 Å². The Labute approximate surface area is 845 Å². The van der Waals surface area contributed by atoms with Gasteiger partial charge in [-0.25, -0.2) is 63.0 Å². The Morgan fingerprint density at radius 1 is 0.431 bits per heavy atom. The van der Waals surface area contributed by atoms with Crippen LogP contribution in [0.4, 0.5) is 33.9 Å². The summed E-state index contributed by atoms with van der Waals surface area (Å²) in [5, 5.41) is 2.33. The number of ether oxygens (including phenoxy) is 6. The fourth-order valence-electron chi connectivity index (χ4n) is 17.5. The Balaban J connectivity index is 0.603. The second-order valence-electron chi connectivity index (χ2n) is 34.7. The van der Waals surface area contributed by atoms with Gasteiger partial charge in [0, 0.05) is 111 Å². The van der Waals surface area contributed by atoms with E-state index in [1.54, 1.807) is 34.6 Å². The number of phosphoric acid groups is 1. The molecule has 0 spiro atoms. The van der Waals surface area contributed by atoms with Gasteiger partial charge in [-0.05, 0) is 106 Å². The van der Waals surface area contributed by atoms with Crippen LogP contribution in [-0.2, 0) is 165 Å². The minimum absolute atomic E-state index is 0.0105. The molecular weight excluding hydrogens is 2170 g/mol. The number of rotatable bonds is 41. The number of phosphoric ester groups is 1. The van der Waals surface area contributed by atoms with Crippen molar-refractivity contribution >= 4 is 183 Å². The van der Waals surface area contributed by atoms with Gasteiger partial charge in [-0.2, -0.15) is 15.0 Å². The number of aromatic nitrogens is 16. The summed E-state index contributed by atoms with van der Waals surface area (Å²) in [5.41, 5.74) is 28.1. The fraction of sp³-hybridized carbons (Fsp3) is 0.616. The highest BCUT2D eigenvalue weighted by Gasteiger charge is 2.53. The standard InChI is InChI=1S/C73H102N23O35P7S6/c1-8-39-41(11-52(119-39)91-17-32(2)60(74)85-69(91)99)127-135(108,141)116-25-49-43(13-53(120-49)92-18-33(3)61(75)86-70(92)100)129-137(110,143)117-26-50-44(14-54(121-50)93-19-34(4)62(76)87-71(93)101)130-138(111,144)118-27-51-46(16-57(124-51)96-31-84-59-64(78)80-29-82-66(59)96)128-133(106,139)113-22-37-9-38(90-20-35(5)67(97)88-72(90)102)10-40(37)126-134(107,140)114-24-48-45(15-55(122-48)94-21-36(6)68(98)89-73(94)103)131-136(109,142)115-23-47-42(125-132(104,105)112-7)12-56(123-47)95-30-83-58-63(77)79-28-81-65(58)95/h17-19,21,28-31,35,37-57H,8-16,20,22-27H2,1-7H3,(H,104,105)(H,106,139)(H,107,140)(H,108,141)(H,109,142)(H,110,143)(H,111,144)(H2,74,85,99)(H2,75,86,100)(H2,76,87,101)(H2,77,79,81)(H2,78,80,82)(H,88,97,102)(H,89,98,103)/t35?,37-,38-,39-,40?,41?,42?,43?,44?,45?,46?,47-,48-,49-,50-,51-,52-,53-,54-,55-,56-,57-,133?,134?,135?,136?,137?,138?/m1/s1. The van der Waals surface area contributed by atoms with Crippen LogP contribution >= 0.6 is 60.5 Å². The molecule has 8 aliphatic rings. The van der Waals surface area contributed by atoms with Gasteiger partial charge in [0.1, 0.15) is 121 Å². The van der Waals surface area contributed by atoms with Gasteiger partial charge in [-0.3, -0.25) is 65.4 Å². The summed E-state index contributed by atoms with van der Waals surface area (Å²) in [6.07, 6.45) is -14.5. The molecule has 8 fully saturated rings. The number of nitrogen functional groups attached to an aromatic ring is 5. The van der Waals surface area contributed by atoms with Gasteiger partial charge in [0.25, 0.3) is 5.56 Å². The molecule has 15 unspecified atom stereocenters. The molecule has 8 aromatic rings. The molecule has 58 nitrogen and oxygen atoms in total. The van der Waals surface area contributed by atoms with Gasteiger partial charge in [0.2, 0.25) is 5.91 Å². The third kappa shape index (κ3) is 25.9. The smallest absolute Gasteiger partial charge is 0.383 e. The number of aryl methyl sites for hydroxylation is 4. The van der Waals surface area contributed by atoms with E-state index in [0.29, 0.717) is 23.1 Å². The van der Waals surface area contributed by atoms with E-state index in [1.165, 1.54) is 75.6 Å². The second-order valence-corrected chi connectivity index (χ2v) is 53.1. The number of imide groups is 1. The number of aromatic amines is 1. The van der Waals surface area contributed by atoms with E-state index < -0.39 is 263 Å². The second kappa shape index (κ2) is 44.4. The van der Waals surface area contributed by atoms with E-state index in [1.807, 2.05) is 0 Å². The number of H-pyrrole nitrogens is 1. The van der Waals surface area contributed by atoms with Gasteiger partial charge in [0.05, 0.1) is 94.8 Å². The summed E-state index contributed by atoms with van der Waals surface area (Å²) in [6.45, 7) is -22.3. The number of thiol groups is 1. The number of carbonyl (C=O) groups is 2. The van der Waals surface area contributed by atoms with Crippen LogP contribution in [-0.4, -0.2) is 262 Å². The Morgan fingerprint density at radius 2 is 0.771 bits per heavy atom. The van der Waals surface area contributed by atoms with Gasteiger partial charge >= 0.3 is 77.0 Å². The number of nitrogens with zero attached hydrogens (tertiary/aromatic N) is 16. The SMILES string of the molecule is CC[C@H]1O[C@@H](n2cc(C)c(N)nc2=O)CC1OP(O)(=S)OC[C@H]1O[C@@H](n2cc(C)c(N)nc2=O)CC1OP(=O)(S)OC[C@H]1O[C@@H](n2cc(C)c(N)nc2=O)CC1OP(O)(=S)OC[C@H]1O[C@@H](n2cnc3c(N)ncnc32)CC1OP(O)(=S)OC[C@H]1C[C@@H](N2CC(C)C(=O)NC2=O)CC1OP(O)(=S)OC[C@H]1O[C@@H](n2cc(C)c(=O)[nH]c2=O)CC1OP(O)(=S)OC[C@H]1O[C@@H](n2cnc3c(N)ncnc32)CC1OP(=O)(O)OC. The predicted molar refractivity (Wildman–Crippen MR) is 522 cm³/mol. The third-order valence-electron chi connectivity index (χ3n) is 24.8. The normalized spacial score (nSPS) is 30.8. The van der Waals surface area contributed by atoms with Crippen molar-refractivity contribution in [3.05, 3.63) is 125 Å². The lowest BCUT2D eigenvalue weighted by Crippen LogP contribution is -2.56. The molecular formula is C73H102N23O35P7S6. The average Bonchev–Trinajstić information content (AvgIpc) is 1.62. The zero-order chi connectivity index (χ0) is 104. The van der Waals surface area contributed by atoms with E-state index in [0.717, 1.165) is 20.8 Å². The maximum Gasteiger partial charge on any atom is 0.472 e. The van der Waals surface area contributed by atoms with Crippen molar-refractivity contribution in [1.29, 1.82) is 0 Å². The van der Waals surface area contributed by atoms with Crippen molar-refractivity contribution in [3.8, 4) is 0 Å². The first kappa shape index (κ1) is 110. The molecule has 144 heavy (non-hydrogen) atoms. The molecule has 8 aromatic heterocycles. The zero-order valence-corrected chi connectivity index (χ0v) is 88.1. The van der Waals surface area contributed by atoms with E-state index in [2.05, 4.69) is 67.4 Å². The Hall–Kier alpha value is -6.62. The lowest BCUT2D eigenvalue weighted by Gasteiger charge is -2.35. The van der Waals surface area contributed by atoms with Crippen LogP contribution in [0.15, 0.2) is 74.1 Å². The molecule has 15 heterocycles. The van der Waals surface area contributed by atoms with Gasteiger partial charge in [0.15, 0.2) is 22.9 Å². The highest BCUT2D eigenvalue weighted by molar-refractivity contribution is 8.44. The summed E-state index contributed by atoms with van der Waals surface area (Å²) in [5.74, 6) is -2.40. The van der Waals surface area contributed by atoms with Crippen LogP contribution in [0.5, 0.6) is 0 Å². The van der Waals surface area contributed by atoms with Gasteiger partial charge in [-0.1, -0.05) is 26.1 Å². The first-order chi connectivity index (χ1) is 67.8. The quantitative estimate of drug-likeness (QED) is 0.0193. The molecule has 3 amide bonds. The number of imidazole rings is 2. The van der Waals surface area contributed by atoms with Crippen LogP contribution in [0.25, 0.3) is 22.3 Å². The average molecular weight is 2270 g/mol. The number of anilines is 5. The molecule has 790 valence electrons. The van der Waals surface area contributed by atoms with Gasteiger partial charge < -0.3 is 137 Å². The largest absolute Gasteiger partial charge is 0.472 e. The summed E-state index contributed by atoms with van der Waals surface area (Å²) in [6, 6.07) is -1.58. The highest BCUT2D eigenvalue weighted by atomic mass is 32.7. The minimum Gasteiger partial charge on any atom is -0.383 e. The van der Waals surface area contributed by atoms with Gasteiger partial charge in [-0.15, -0.1) is 0 Å². The zero-order valence-electron chi connectivity index (χ0n) is 76.8. The number of amides is 3. The number of urea groups is 1. The van der Waals surface area contributed by atoms with Crippen LogP contribution in [0.1, 0.15) is 131 Å². The van der Waals surface area contributed by atoms with Crippen LogP contribution in [0, 0.1) is 39.5 Å². The monoisotopic (exact) mass is 2270 g/mol. The van der Waals surface area contributed by atoms with Crippen molar-refractivity contribution in [2.75, 3.05) is 82.0 Å². The molecule has 0 bridgehead atoms. The Kier molecular flexibility index (Phi) is 33.9. The molecule has 0 aromatic carbocycles. The van der Waals surface area contributed by atoms with E-state index >= 15 is 0 Å². The summed E-state index contributed by atoms with van der Waals surface area (Å²) < 4.78 is 156. The number of carbonyl (C=O) groups excluding carboxylic acids is 2. The van der Waals surface area contributed by atoms with Crippen molar-refractivity contribution in [3.63, 3.8) is 0 Å². The molecule has 7 aliphatic heterocycles. The first-order valence-corrected chi connectivity index (χ1v) is 61.2. The summed E-state index contributed by atoms with van der Waals surface area (Å²) in [4.78, 5) is 204. The Bertz CT molecular complexity index is 6880. The molecule has 71 heteroatoms. The molecule has 18 N–H and O–H groups in total. The topological polar surface area (TPSA) is 766 Å². The predicted octanol–water partition coefficient (Wildman–Crippen LogP) is 2.90. The molecule has 0 radical (unpaired) electrons. The third-order valence-corrected chi connectivity index (χ3v) is 35.4. The highest BCUT2D eigenvalue weighted by Crippen LogP contribution is 2.61. The summed E-state index contributed by atoms with van der Waals surface area (Å²) in [7, 11) is -3.81. The van der Waals surface area contributed by atoms with Crippen LogP contribution in [0.3, 0.4) is 0 Å². The minimum atomic E-state index is -4.77. The van der Waals surface area contributed by atoms with Crippen molar-refractivity contribution in [2.45, 2.75) is 222 Å². The lowest BCUT2D eigenvalue weighted by atomic mass is 10.1. The molecule has 1 aliphatic carbocycles. The lowest BCUT2D eigenvalue weighted by molar-refractivity contribution is -0.125. The summed E-state index contributed by atoms with van der Waals surface area (Å²) >= 11 is 32.6. The maximum absolute atomic E-state index is 14.9. The van der Waals surface area contributed by atoms with Crippen LogP contribution < -0.4 is 62.3 Å². The van der Waals surface area contributed by atoms with E-state index in [-0.39, 0.29) is 115 Å². The number of hydrogen-bond acceptors (Lipinski definition) is 48. The van der Waals surface area contributed by atoms with E-state index in [9.17, 15) is 72.1 Å². The Morgan fingerprint density at radius 3 is 1.17 bits per heavy atom.